The van der Waals surface area contributed by atoms with Crippen molar-refractivity contribution in [2.45, 2.75) is 137 Å². The highest BCUT2D eigenvalue weighted by molar-refractivity contribution is 5.94. The summed E-state index contributed by atoms with van der Waals surface area (Å²) in [6.45, 7) is 18.6. The third kappa shape index (κ3) is 13.7. The van der Waals surface area contributed by atoms with Crippen molar-refractivity contribution in [1.29, 1.82) is 0 Å². The zero-order chi connectivity index (χ0) is 36.1. The highest BCUT2D eigenvalue weighted by Crippen LogP contribution is 2.28. The maximum Gasteiger partial charge on any atom is 0.408 e. The molecule has 0 radical (unpaired) electrons. The van der Waals surface area contributed by atoms with E-state index in [0.29, 0.717) is 12.0 Å². The first-order valence-corrected chi connectivity index (χ1v) is 17.4. The number of unbranched alkanes of at least 4 members (excludes halogenated alkanes) is 4. The van der Waals surface area contributed by atoms with Gasteiger partial charge in [0.1, 0.15) is 29.3 Å². The van der Waals surface area contributed by atoms with Gasteiger partial charge in [-0.1, -0.05) is 101 Å². The second-order valence-corrected chi connectivity index (χ2v) is 14.9. The number of nitrogens with one attached hydrogen (secondary N) is 2. The second kappa shape index (κ2) is 18.6. The minimum Gasteiger partial charge on any atom is -0.458 e. The van der Waals surface area contributed by atoms with Crippen LogP contribution in [0.15, 0.2) is 54.6 Å². The number of esters is 1. The first kappa shape index (κ1) is 40.3. The van der Waals surface area contributed by atoms with E-state index in [4.69, 9.17) is 9.47 Å². The van der Waals surface area contributed by atoms with Crippen LogP contribution in [0.3, 0.4) is 0 Å². The standard InChI is InChI=1S/C39H59N3O6/c1-11-12-13-14-20-25-42(35(44)32(27(2)3)41-37(46)48-39(8,9)10)33(30-24-19-18-21-28(30)4)34(43)40-31(36(45)47-38(5,6)7)26-29-22-16-15-17-23-29/h15-19,21-24,27,31-33H,11-14,20,25-26H2,1-10H3,(H,40,43)(H,41,46). The maximum atomic E-state index is 14.6. The average molecular weight is 666 g/mol. The fourth-order valence-electron chi connectivity index (χ4n) is 5.39. The molecule has 0 aliphatic heterocycles. The lowest BCUT2D eigenvalue weighted by Gasteiger charge is -2.37. The van der Waals surface area contributed by atoms with Crippen LogP contribution in [0.25, 0.3) is 0 Å². The topological polar surface area (TPSA) is 114 Å². The highest BCUT2D eigenvalue weighted by Gasteiger charge is 2.39. The van der Waals surface area contributed by atoms with Gasteiger partial charge in [0.15, 0.2) is 0 Å². The van der Waals surface area contributed by atoms with Gasteiger partial charge in [0.05, 0.1) is 0 Å². The molecule has 3 unspecified atom stereocenters. The number of hydrogen-bond donors (Lipinski definition) is 2. The molecule has 2 aromatic rings. The van der Waals surface area contributed by atoms with E-state index in [-0.39, 0.29) is 18.9 Å². The molecule has 9 heteroatoms. The SMILES string of the molecule is CCCCCCCN(C(=O)C(NC(=O)OC(C)(C)C)C(C)C)C(C(=O)NC(Cc1ccccc1)C(=O)OC(C)(C)C)c1ccccc1C. The summed E-state index contributed by atoms with van der Waals surface area (Å²) in [4.78, 5) is 57.3. The van der Waals surface area contributed by atoms with Crippen LogP contribution in [0.1, 0.15) is 117 Å². The zero-order valence-corrected chi connectivity index (χ0v) is 30.9. The number of alkyl carbamates (subject to hydrolysis) is 1. The number of amides is 3. The van der Waals surface area contributed by atoms with Gasteiger partial charge in [-0.25, -0.2) is 9.59 Å². The first-order valence-electron chi connectivity index (χ1n) is 17.4. The van der Waals surface area contributed by atoms with E-state index in [0.717, 1.165) is 36.8 Å². The van der Waals surface area contributed by atoms with E-state index in [1.165, 1.54) is 0 Å². The molecule has 2 aromatic carbocycles. The smallest absolute Gasteiger partial charge is 0.408 e. The molecular formula is C39H59N3O6. The lowest BCUT2D eigenvalue weighted by atomic mass is 9.95. The van der Waals surface area contributed by atoms with Gasteiger partial charge in [-0.05, 0) is 77.5 Å². The summed E-state index contributed by atoms with van der Waals surface area (Å²) in [7, 11) is 0. The Morgan fingerprint density at radius 2 is 1.35 bits per heavy atom. The molecule has 0 saturated carbocycles. The van der Waals surface area contributed by atoms with Crippen molar-refractivity contribution in [2.75, 3.05) is 6.54 Å². The van der Waals surface area contributed by atoms with Crippen LogP contribution in [0.2, 0.25) is 0 Å². The minimum atomic E-state index is -1.08. The molecule has 2 rings (SSSR count). The molecule has 0 saturated heterocycles. The highest BCUT2D eigenvalue weighted by atomic mass is 16.6. The molecule has 0 spiro atoms. The molecule has 48 heavy (non-hydrogen) atoms. The number of nitrogens with zero attached hydrogens (tertiary/aromatic N) is 1. The van der Waals surface area contributed by atoms with Gasteiger partial charge in [0, 0.05) is 13.0 Å². The third-order valence-corrected chi connectivity index (χ3v) is 7.72. The molecule has 0 aliphatic rings. The van der Waals surface area contributed by atoms with Gasteiger partial charge in [-0.3, -0.25) is 9.59 Å². The Morgan fingerprint density at radius 3 is 1.92 bits per heavy atom. The first-order chi connectivity index (χ1) is 22.4. The van der Waals surface area contributed by atoms with E-state index in [2.05, 4.69) is 17.6 Å². The molecule has 266 valence electrons. The normalized spacial score (nSPS) is 13.6. The molecular weight excluding hydrogens is 606 g/mol. The second-order valence-electron chi connectivity index (χ2n) is 14.9. The zero-order valence-electron chi connectivity index (χ0n) is 30.9. The number of aryl methyl sites for hydroxylation is 1. The monoisotopic (exact) mass is 665 g/mol. The maximum absolute atomic E-state index is 14.6. The summed E-state index contributed by atoms with van der Waals surface area (Å²) in [6, 6.07) is 13.8. The number of carbonyl (C=O) groups excluding carboxylic acids is 4. The van der Waals surface area contributed by atoms with Gasteiger partial charge in [0.2, 0.25) is 11.8 Å². The van der Waals surface area contributed by atoms with Crippen LogP contribution in [0.4, 0.5) is 4.79 Å². The molecule has 0 aliphatic carbocycles. The van der Waals surface area contributed by atoms with Crippen LogP contribution in [-0.4, -0.2) is 58.6 Å². The molecule has 3 amide bonds. The van der Waals surface area contributed by atoms with Crippen LogP contribution in [0.5, 0.6) is 0 Å². The molecule has 0 aromatic heterocycles. The molecule has 9 nitrogen and oxygen atoms in total. The summed E-state index contributed by atoms with van der Waals surface area (Å²) >= 11 is 0. The lowest BCUT2D eigenvalue weighted by molar-refractivity contribution is -0.159. The molecule has 0 fully saturated rings. The van der Waals surface area contributed by atoms with Crippen molar-refractivity contribution >= 4 is 23.9 Å². The summed E-state index contributed by atoms with van der Waals surface area (Å²) in [5.74, 6) is -1.77. The summed E-state index contributed by atoms with van der Waals surface area (Å²) < 4.78 is 11.3. The summed E-state index contributed by atoms with van der Waals surface area (Å²) in [5.41, 5.74) is 0.780. The van der Waals surface area contributed by atoms with Crippen molar-refractivity contribution in [3.63, 3.8) is 0 Å². The van der Waals surface area contributed by atoms with Crippen molar-refractivity contribution in [3.8, 4) is 0 Å². The van der Waals surface area contributed by atoms with E-state index < -0.39 is 53.2 Å². The number of benzene rings is 2. The number of rotatable bonds is 16. The van der Waals surface area contributed by atoms with Crippen molar-refractivity contribution in [1.82, 2.24) is 15.5 Å². The van der Waals surface area contributed by atoms with Crippen molar-refractivity contribution < 1.29 is 28.7 Å². The molecule has 0 heterocycles. The van der Waals surface area contributed by atoms with E-state index >= 15 is 0 Å². The van der Waals surface area contributed by atoms with Crippen LogP contribution in [0, 0.1) is 12.8 Å². The van der Waals surface area contributed by atoms with Crippen molar-refractivity contribution in [2.24, 2.45) is 5.92 Å². The predicted molar refractivity (Wildman–Crippen MR) is 190 cm³/mol. The Balaban J connectivity index is 2.62. The Bertz CT molecular complexity index is 1330. The molecule has 2 N–H and O–H groups in total. The van der Waals surface area contributed by atoms with Gasteiger partial charge in [-0.2, -0.15) is 0 Å². The summed E-state index contributed by atoms with van der Waals surface area (Å²) in [6.07, 6.45) is 4.19. The van der Waals surface area contributed by atoms with Gasteiger partial charge in [0.25, 0.3) is 0 Å². The van der Waals surface area contributed by atoms with Gasteiger partial charge < -0.3 is 25.0 Å². The fourth-order valence-corrected chi connectivity index (χ4v) is 5.39. The van der Waals surface area contributed by atoms with Gasteiger partial charge >= 0.3 is 12.1 Å². The van der Waals surface area contributed by atoms with Crippen LogP contribution >= 0.6 is 0 Å². The third-order valence-electron chi connectivity index (χ3n) is 7.72. The van der Waals surface area contributed by atoms with Crippen LogP contribution < -0.4 is 10.6 Å². The quantitative estimate of drug-likeness (QED) is 0.142. The Morgan fingerprint density at radius 1 is 0.771 bits per heavy atom. The van der Waals surface area contributed by atoms with Gasteiger partial charge in [-0.15, -0.1) is 0 Å². The average Bonchev–Trinajstić information content (AvgIpc) is 2.98. The lowest BCUT2D eigenvalue weighted by Crippen LogP contribution is -2.56. The fraction of sp³-hybridized carbons (Fsp3) is 0.590. The van der Waals surface area contributed by atoms with E-state index in [1.54, 1.807) is 46.4 Å². The number of ether oxygens (including phenoxy) is 2. The van der Waals surface area contributed by atoms with E-state index in [9.17, 15) is 19.2 Å². The van der Waals surface area contributed by atoms with Crippen molar-refractivity contribution in [3.05, 3.63) is 71.3 Å². The van der Waals surface area contributed by atoms with E-state index in [1.807, 2.05) is 75.4 Å². The number of carbonyl (C=O) groups is 4. The number of hydrogen-bond acceptors (Lipinski definition) is 6. The summed E-state index contributed by atoms with van der Waals surface area (Å²) in [5, 5.41) is 5.76. The largest absolute Gasteiger partial charge is 0.458 e. The molecule has 3 atom stereocenters. The minimum absolute atomic E-state index is 0.210. The Kier molecular flexibility index (Phi) is 15.6. The Hall–Kier alpha value is -3.88. The van der Waals surface area contributed by atoms with Crippen LogP contribution in [-0.2, 0) is 30.3 Å². The molecule has 0 bridgehead atoms. The predicted octanol–water partition coefficient (Wildman–Crippen LogP) is 7.45. The Labute approximate surface area is 288 Å².